The summed E-state index contributed by atoms with van der Waals surface area (Å²) < 4.78 is 24.3. The molecule has 7 aromatic carbocycles. The minimum atomic E-state index is 0.665. The van der Waals surface area contributed by atoms with Crippen LogP contribution in [0.3, 0.4) is 0 Å². The molecule has 0 amide bonds. The highest BCUT2D eigenvalue weighted by atomic mass is 32.1. The van der Waals surface area contributed by atoms with Gasteiger partial charge in [0.2, 0.25) is 5.71 Å². The predicted octanol–water partition coefficient (Wildman–Crippen LogP) is 20.7. The standard InChI is InChI=1S/3C11H8N2O.4C11H8N2S/c1-7-12-6-9-8-4-2-3-5-10(8)14-11(9)13-7;1-7-11-10(13-6-12-7)8-4-2-3-5-9(8)14-11;1-7-12-6-10-11(13-7)8-4-2-3-5-9(8)14-10;1-7-12-6-9-8-4-2-3-5-10(8)14-11(9)13-7;1-7-11-10(13-6-12-7)8-4-2-3-5-9(8)14-11;1-7-10-8-4-2-3-5-9(8)14-11(10)13-6-12-7;1-7-12-6-10-11(13-7)8-4-2-3-5-9(8)14-10/h7*2-6H,1H3. The van der Waals surface area contributed by atoms with E-state index in [1.54, 1.807) is 70.5 Å². The Kier molecular flexibility index (Phi) is 17.4. The molecule has 0 atom stereocenters. The van der Waals surface area contributed by atoms with Gasteiger partial charge in [-0.1, -0.05) is 115 Å². The van der Waals surface area contributed by atoms with Crippen molar-refractivity contribution in [2.24, 2.45) is 0 Å². The van der Waals surface area contributed by atoms with Crippen molar-refractivity contribution in [3.05, 3.63) is 254 Å². The second-order valence-corrected chi connectivity index (χ2v) is 26.8. The number of aryl methyl sites for hydroxylation is 7. The Morgan fingerprint density at radius 2 is 0.735 bits per heavy atom. The second kappa shape index (κ2) is 27.2. The van der Waals surface area contributed by atoms with E-state index in [0.717, 1.165) is 132 Å². The minimum absolute atomic E-state index is 0.665. The van der Waals surface area contributed by atoms with Crippen LogP contribution in [0.5, 0.6) is 0 Å². The van der Waals surface area contributed by atoms with E-state index in [-0.39, 0.29) is 0 Å². The molecule has 17 nitrogen and oxygen atoms in total. The summed E-state index contributed by atoms with van der Waals surface area (Å²) >= 11 is 6.96. The van der Waals surface area contributed by atoms with E-state index in [0.29, 0.717) is 5.71 Å². The highest BCUT2D eigenvalue weighted by molar-refractivity contribution is 7.26. The molecule has 0 bridgehead atoms. The molecule has 0 saturated carbocycles. The molecule has 0 N–H and O–H groups in total. The number of benzene rings is 7. The third-order valence-electron chi connectivity index (χ3n) is 16.0. The quantitative estimate of drug-likeness (QED) is 0.138. The molecule has 0 spiro atoms. The van der Waals surface area contributed by atoms with Crippen LogP contribution >= 0.6 is 45.3 Å². The predicted molar refractivity (Wildman–Crippen MR) is 401 cm³/mol. The summed E-state index contributed by atoms with van der Waals surface area (Å²) in [6, 6.07) is 57.0. The molecule has 0 unspecified atom stereocenters. The minimum Gasteiger partial charge on any atom is -0.453 e. The summed E-state index contributed by atoms with van der Waals surface area (Å²) in [5.41, 5.74) is 11.8. The Hall–Kier alpha value is -11.6. The number of furan rings is 3. The maximum atomic E-state index is 5.66. The van der Waals surface area contributed by atoms with Gasteiger partial charge in [0.25, 0.3) is 0 Å². The lowest BCUT2D eigenvalue weighted by atomic mass is 10.2. The molecule has 21 heteroatoms. The molecule has 21 rings (SSSR count). The molecule has 476 valence electrons. The lowest BCUT2D eigenvalue weighted by molar-refractivity contribution is 0.650. The van der Waals surface area contributed by atoms with Gasteiger partial charge in [-0.3, -0.25) is 0 Å². The van der Waals surface area contributed by atoms with Crippen LogP contribution in [0.25, 0.3) is 147 Å². The van der Waals surface area contributed by atoms with Crippen molar-refractivity contribution in [3.8, 4) is 0 Å². The van der Waals surface area contributed by atoms with Gasteiger partial charge >= 0.3 is 0 Å². The molecular formula is C77H56N14O3S4. The lowest BCUT2D eigenvalue weighted by Crippen LogP contribution is -1.84. The van der Waals surface area contributed by atoms with Crippen molar-refractivity contribution < 1.29 is 13.3 Å². The second-order valence-electron chi connectivity index (χ2n) is 22.6. The number of rotatable bonds is 0. The average Bonchev–Trinajstić information content (AvgIpc) is 1.70. The molecule has 0 aliphatic rings. The third kappa shape index (κ3) is 12.6. The maximum Gasteiger partial charge on any atom is 0.230 e. The van der Waals surface area contributed by atoms with Crippen LogP contribution in [0.1, 0.15) is 40.4 Å². The summed E-state index contributed by atoms with van der Waals surface area (Å²) in [4.78, 5) is 61.7. The zero-order chi connectivity index (χ0) is 66.8. The summed E-state index contributed by atoms with van der Waals surface area (Å²) in [6.07, 6.45) is 12.2. The molecule has 14 aromatic heterocycles. The van der Waals surface area contributed by atoms with Gasteiger partial charge in [0.05, 0.1) is 43.4 Å². The molecular weight excluding hydrogens is 1300 g/mol. The Morgan fingerprint density at radius 1 is 0.265 bits per heavy atom. The summed E-state index contributed by atoms with van der Waals surface area (Å²) in [7, 11) is 0. The Labute approximate surface area is 574 Å². The molecule has 14 heterocycles. The smallest absolute Gasteiger partial charge is 0.230 e. The van der Waals surface area contributed by atoms with Gasteiger partial charge in [-0.25, -0.2) is 64.8 Å². The highest BCUT2D eigenvalue weighted by Gasteiger charge is 2.14. The van der Waals surface area contributed by atoms with E-state index in [1.165, 1.54) is 50.4 Å². The van der Waals surface area contributed by atoms with E-state index in [4.69, 9.17) is 13.3 Å². The molecule has 98 heavy (non-hydrogen) atoms. The van der Waals surface area contributed by atoms with Crippen molar-refractivity contribution in [1.82, 2.24) is 69.8 Å². The Morgan fingerprint density at radius 3 is 1.45 bits per heavy atom. The number of nitrogens with zero attached hydrogens (tertiary/aromatic N) is 14. The first-order valence-corrected chi connectivity index (χ1v) is 34.4. The van der Waals surface area contributed by atoms with Crippen LogP contribution in [0, 0.1) is 48.5 Å². The molecule has 0 radical (unpaired) electrons. The third-order valence-corrected chi connectivity index (χ3v) is 20.6. The van der Waals surface area contributed by atoms with E-state index in [9.17, 15) is 0 Å². The summed E-state index contributed by atoms with van der Waals surface area (Å²) in [5, 5.41) is 11.5. The molecule has 0 aliphatic heterocycles. The normalized spacial score (nSPS) is 11.2. The van der Waals surface area contributed by atoms with Crippen molar-refractivity contribution in [2.45, 2.75) is 48.5 Å². The molecule has 21 aromatic rings. The highest BCUT2D eigenvalue weighted by Crippen LogP contribution is 2.37. The Bertz CT molecular complexity index is 6110. The SMILES string of the molecule is Cc1ncc2c(n1)oc1ccccc12.Cc1ncc2c(n1)sc1ccccc12.Cc1ncc2oc3ccccc3c2n1.Cc1ncc2sc3ccccc3c2n1.Cc1ncnc2c1oc1ccccc12.Cc1ncnc2c1sc1ccccc12.Cc1ncnc2sc3ccccc3c12. The molecule has 0 saturated heterocycles. The van der Waals surface area contributed by atoms with Crippen LogP contribution in [0.2, 0.25) is 0 Å². The fourth-order valence-electron chi connectivity index (χ4n) is 11.4. The number of hydrogen-bond acceptors (Lipinski definition) is 21. The van der Waals surface area contributed by atoms with Gasteiger partial charge in [0.1, 0.15) is 79.7 Å². The van der Waals surface area contributed by atoms with Crippen LogP contribution in [0.4, 0.5) is 0 Å². The van der Waals surface area contributed by atoms with Crippen LogP contribution < -0.4 is 0 Å². The molecule has 0 aliphatic carbocycles. The van der Waals surface area contributed by atoms with E-state index >= 15 is 0 Å². The first-order chi connectivity index (χ1) is 48.0. The van der Waals surface area contributed by atoms with Gasteiger partial charge in [0.15, 0.2) is 11.2 Å². The Balaban J connectivity index is 0.0000000933. The number of fused-ring (bicyclic) bond motifs is 21. The van der Waals surface area contributed by atoms with Crippen molar-refractivity contribution in [3.63, 3.8) is 0 Å². The summed E-state index contributed by atoms with van der Waals surface area (Å²) in [5.74, 6) is 3.17. The van der Waals surface area contributed by atoms with Gasteiger partial charge < -0.3 is 13.3 Å². The van der Waals surface area contributed by atoms with E-state index < -0.39 is 0 Å². The lowest BCUT2D eigenvalue weighted by Gasteiger charge is -1.93. The first kappa shape index (κ1) is 62.5. The summed E-state index contributed by atoms with van der Waals surface area (Å²) in [6.45, 7) is 13.6. The van der Waals surface area contributed by atoms with Gasteiger partial charge in [-0.15, -0.1) is 45.3 Å². The number of thiophene rings is 4. The zero-order valence-electron chi connectivity index (χ0n) is 53.8. The van der Waals surface area contributed by atoms with Crippen LogP contribution in [-0.4, -0.2) is 69.8 Å². The van der Waals surface area contributed by atoms with Crippen LogP contribution in [0.15, 0.2) is 227 Å². The number of aromatic nitrogens is 14. The van der Waals surface area contributed by atoms with Gasteiger partial charge in [-0.05, 0) is 103 Å². The van der Waals surface area contributed by atoms with Crippen molar-refractivity contribution >= 4 is 193 Å². The van der Waals surface area contributed by atoms with Gasteiger partial charge in [0, 0.05) is 91.6 Å². The largest absolute Gasteiger partial charge is 0.453 e. The monoisotopic (exact) mass is 1350 g/mol. The fourth-order valence-corrected chi connectivity index (χ4v) is 15.7. The first-order valence-electron chi connectivity index (χ1n) is 31.2. The van der Waals surface area contributed by atoms with E-state index in [2.05, 4.69) is 149 Å². The van der Waals surface area contributed by atoms with Crippen molar-refractivity contribution in [2.75, 3.05) is 0 Å². The van der Waals surface area contributed by atoms with E-state index in [1.807, 2.05) is 158 Å². The topological polar surface area (TPSA) is 220 Å². The van der Waals surface area contributed by atoms with Crippen molar-refractivity contribution in [1.29, 1.82) is 0 Å². The average molecular weight is 1350 g/mol. The van der Waals surface area contributed by atoms with Gasteiger partial charge in [-0.2, -0.15) is 4.98 Å². The van der Waals surface area contributed by atoms with Crippen LogP contribution in [-0.2, 0) is 0 Å². The maximum absolute atomic E-state index is 5.66. The fraction of sp³-hybridized carbons (Fsp3) is 0.0909. The zero-order valence-corrected chi connectivity index (χ0v) is 57.1. The number of para-hydroxylation sites is 3. The molecule has 0 fully saturated rings. The number of hydrogen-bond donors (Lipinski definition) is 0.